The highest BCUT2D eigenvalue weighted by molar-refractivity contribution is 9.10. The van der Waals surface area contributed by atoms with Gasteiger partial charge in [-0.15, -0.1) is 11.6 Å². The first kappa shape index (κ1) is 14.4. The topological polar surface area (TPSA) is 3.24 Å². The van der Waals surface area contributed by atoms with Gasteiger partial charge >= 0.3 is 0 Å². The number of hydrogen-bond acceptors (Lipinski definition) is 1. The van der Waals surface area contributed by atoms with E-state index in [1.165, 1.54) is 6.07 Å². The van der Waals surface area contributed by atoms with Gasteiger partial charge in [-0.2, -0.15) is 0 Å². The smallest absolute Gasteiger partial charge is 0.146 e. The third-order valence-electron chi connectivity index (χ3n) is 2.92. The lowest BCUT2D eigenvalue weighted by Gasteiger charge is -2.25. The average molecular weight is 343 g/mol. The molecule has 0 N–H and O–H groups in total. The van der Waals surface area contributed by atoms with E-state index in [0.717, 1.165) is 15.7 Å². The normalized spacial score (nSPS) is 10.5. The molecule has 0 radical (unpaired) electrons. The Morgan fingerprint density at radius 3 is 2.47 bits per heavy atom. The zero-order chi connectivity index (χ0) is 13.8. The minimum atomic E-state index is -0.224. The molecule has 0 aliphatic heterocycles. The van der Waals surface area contributed by atoms with Gasteiger partial charge in [0.05, 0.1) is 11.4 Å². The third-order valence-corrected chi connectivity index (χ3v) is 3.86. The summed E-state index contributed by atoms with van der Waals surface area (Å²) in [6.07, 6.45) is 0. The number of alkyl halides is 1. The molecule has 2 aromatic rings. The maximum atomic E-state index is 13.9. The summed E-state index contributed by atoms with van der Waals surface area (Å²) in [5, 5.41) is 0. The Balaban J connectivity index is 2.46. The molecule has 0 unspecified atom stereocenters. The molecule has 0 fully saturated rings. The average Bonchev–Trinajstić information content (AvgIpc) is 2.43. The number of rotatable bonds is 4. The lowest BCUT2D eigenvalue weighted by molar-refractivity contribution is 0.625. The molecule has 0 aliphatic carbocycles. The summed E-state index contributed by atoms with van der Waals surface area (Å²) >= 11 is 9.34. The Bertz CT molecular complexity index is 574. The predicted molar refractivity (Wildman–Crippen MR) is 82.8 cm³/mol. The Kier molecular flexibility index (Phi) is 4.83. The fourth-order valence-electron chi connectivity index (χ4n) is 1.99. The molecule has 19 heavy (non-hydrogen) atoms. The van der Waals surface area contributed by atoms with Crippen LogP contribution in [0.3, 0.4) is 0 Å². The maximum Gasteiger partial charge on any atom is 0.146 e. The van der Waals surface area contributed by atoms with E-state index >= 15 is 0 Å². The van der Waals surface area contributed by atoms with E-state index in [1.807, 2.05) is 36.1 Å². The van der Waals surface area contributed by atoms with Crippen LogP contribution in [0.2, 0.25) is 0 Å². The molecule has 2 aromatic carbocycles. The van der Waals surface area contributed by atoms with Crippen molar-refractivity contribution in [2.24, 2.45) is 0 Å². The van der Waals surface area contributed by atoms with Crippen molar-refractivity contribution in [1.29, 1.82) is 0 Å². The SMILES string of the molecule is CCN(c1ccccc1F)c1ccc(CCl)cc1Br. The predicted octanol–water partition coefficient (Wildman–Crippen LogP) is 5.49. The Morgan fingerprint density at radius 2 is 1.89 bits per heavy atom. The minimum absolute atomic E-state index is 0.224. The van der Waals surface area contributed by atoms with Crippen molar-refractivity contribution in [2.45, 2.75) is 12.8 Å². The summed E-state index contributed by atoms with van der Waals surface area (Å²) < 4.78 is 14.8. The van der Waals surface area contributed by atoms with Gasteiger partial charge in [-0.1, -0.05) is 18.2 Å². The summed E-state index contributed by atoms with van der Waals surface area (Å²) in [5.74, 6) is 0.239. The number of halogens is 3. The lowest BCUT2D eigenvalue weighted by Crippen LogP contribution is -2.17. The van der Waals surface area contributed by atoms with Crippen LogP contribution in [0.25, 0.3) is 0 Å². The highest BCUT2D eigenvalue weighted by atomic mass is 79.9. The largest absolute Gasteiger partial charge is 0.338 e. The molecule has 0 heterocycles. The second kappa shape index (κ2) is 6.40. The van der Waals surface area contributed by atoms with Gasteiger partial charge in [0.1, 0.15) is 5.82 Å². The molecule has 0 amide bonds. The molecule has 0 atom stereocenters. The Labute approximate surface area is 126 Å². The number of anilines is 2. The zero-order valence-corrected chi connectivity index (χ0v) is 12.9. The molecule has 0 saturated carbocycles. The quantitative estimate of drug-likeness (QED) is 0.665. The number of para-hydroxylation sites is 1. The maximum absolute atomic E-state index is 13.9. The fraction of sp³-hybridized carbons (Fsp3) is 0.200. The summed E-state index contributed by atoms with van der Waals surface area (Å²) in [5.41, 5.74) is 2.53. The number of benzene rings is 2. The first-order valence-electron chi connectivity index (χ1n) is 6.03. The minimum Gasteiger partial charge on any atom is -0.338 e. The molecule has 2 rings (SSSR count). The monoisotopic (exact) mass is 341 g/mol. The van der Waals surface area contributed by atoms with Gasteiger partial charge in [-0.3, -0.25) is 0 Å². The number of hydrogen-bond donors (Lipinski definition) is 0. The van der Waals surface area contributed by atoms with E-state index in [9.17, 15) is 4.39 Å². The molecule has 0 bridgehead atoms. The van der Waals surface area contributed by atoms with Crippen molar-refractivity contribution >= 4 is 38.9 Å². The van der Waals surface area contributed by atoms with Crippen LogP contribution in [0.1, 0.15) is 12.5 Å². The second-order valence-electron chi connectivity index (χ2n) is 4.12. The third kappa shape index (κ3) is 3.10. The molecule has 0 spiro atoms. The van der Waals surface area contributed by atoms with Crippen LogP contribution in [0.4, 0.5) is 15.8 Å². The van der Waals surface area contributed by atoms with Gasteiger partial charge in [0, 0.05) is 16.9 Å². The van der Waals surface area contributed by atoms with Crippen molar-refractivity contribution in [1.82, 2.24) is 0 Å². The Morgan fingerprint density at radius 1 is 1.16 bits per heavy atom. The Hall–Kier alpha value is -1.06. The molecule has 0 aliphatic rings. The van der Waals surface area contributed by atoms with Gasteiger partial charge in [0.25, 0.3) is 0 Å². The van der Waals surface area contributed by atoms with Crippen LogP contribution in [0, 0.1) is 5.82 Å². The van der Waals surface area contributed by atoms with Crippen molar-refractivity contribution in [3.05, 3.63) is 58.3 Å². The molecule has 0 saturated heterocycles. The zero-order valence-electron chi connectivity index (χ0n) is 10.5. The summed E-state index contributed by atoms with van der Waals surface area (Å²) in [6.45, 7) is 2.67. The van der Waals surface area contributed by atoms with Gasteiger partial charge in [0.2, 0.25) is 0 Å². The molecular formula is C15H14BrClFN. The van der Waals surface area contributed by atoms with Crippen molar-refractivity contribution in [3.8, 4) is 0 Å². The molecule has 100 valence electrons. The van der Waals surface area contributed by atoms with Crippen LogP contribution >= 0.6 is 27.5 Å². The lowest BCUT2D eigenvalue weighted by atomic mass is 10.2. The van der Waals surface area contributed by atoms with Crippen molar-refractivity contribution < 1.29 is 4.39 Å². The summed E-state index contributed by atoms with van der Waals surface area (Å²) in [7, 11) is 0. The number of nitrogens with zero attached hydrogens (tertiary/aromatic N) is 1. The van der Waals surface area contributed by atoms with Crippen LogP contribution in [-0.4, -0.2) is 6.54 Å². The fourth-order valence-corrected chi connectivity index (χ4v) is 2.80. The highest BCUT2D eigenvalue weighted by Gasteiger charge is 2.14. The first-order valence-corrected chi connectivity index (χ1v) is 7.36. The van der Waals surface area contributed by atoms with Crippen molar-refractivity contribution in [3.63, 3.8) is 0 Å². The summed E-state index contributed by atoms with van der Waals surface area (Å²) in [4.78, 5) is 1.93. The van der Waals surface area contributed by atoms with Crippen LogP contribution < -0.4 is 4.90 Å². The van der Waals surface area contributed by atoms with Crippen LogP contribution in [0.15, 0.2) is 46.9 Å². The molecule has 4 heteroatoms. The van der Waals surface area contributed by atoms with Gasteiger partial charge in [-0.05, 0) is 52.7 Å². The standard InChI is InChI=1S/C15H14BrClFN/c1-2-19(15-6-4-3-5-13(15)18)14-8-7-11(10-17)9-12(14)16/h3-9H,2,10H2,1H3. The van der Waals surface area contributed by atoms with Gasteiger partial charge < -0.3 is 4.90 Å². The molecule has 1 nitrogen and oxygen atoms in total. The van der Waals surface area contributed by atoms with Crippen LogP contribution in [0.5, 0.6) is 0 Å². The van der Waals surface area contributed by atoms with E-state index < -0.39 is 0 Å². The second-order valence-corrected chi connectivity index (χ2v) is 5.24. The summed E-state index contributed by atoms with van der Waals surface area (Å²) in [6, 6.07) is 12.7. The van der Waals surface area contributed by atoms with E-state index in [-0.39, 0.29) is 5.82 Å². The molecular weight excluding hydrogens is 329 g/mol. The van der Waals surface area contributed by atoms with E-state index in [4.69, 9.17) is 11.6 Å². The first-order chi connectivity index (χ1) is 9.17. The van der Waals surface area contributed by atoms with Gasteiger partial charge in [0.15, 0.2) is 0 Å². The van der Waals surface area contributed by atoms with E-state index in [0.29, 0.717) is 18.1 Å². The van der Waals surface area contributed by atoms with Crippen molar-refractivity contribution in [2.75, 3.05) is 11.4 Å². The highest BCUT2D eigenvalue weighted by Crippen LogP contribution is 2.34. The van der Waals surface area contributed by atoms with Crippen LogP contribution in [-0.2, 0) is 5.88 Å². The van der Waals surface area contributed by atoms with Gasteiger partial charge in [-0.25, -0.2) is 4.39 Å². The molecule has 0 aromatic heterocycles. The van der Waals surface area contributed by atoms with E-state index in [2.05, 4.69) is 15.9 Å². The van der Waals surface area contributed by atoms with E-state index in [1.54, 1.807) is 12.1 Å².